The minimum Gasteiger partial charge on any atom is -0.480 e. The highest BCUT2D eigenvalue weighted by atomic mass is 16.4. The quantitative estimate of drug-likeness (QED) is 0.724. The van der Waals surface area contributed by atoms with E-state index in [1.54, 1.807) is 0 Å². The molecular weight excluding hydrogens is 182 g/mol. The molecule has 4 nitrogen and oxygen atoms in total. The van der Waals surface area contributed by atoms with Gasteiger partial charge in [-0.05, 0) is 12.5 Å². The van der Waals surface area contributed by atoms with Crippen LogP contribution in [0, 0.1) is 0 Å². The second-order valence-electron chi connectivity index (χ2n) is 3.38. The molecule has 78 valence electrons. The van der Waals surface area contributed by atoms with E-state index in [0.29, 0.717) is 6.42 Å². The summed E-state index contributed by atoms with van der Waals surface area (Å²) in [6, 6.07) is 9.36. The number of carboxylic acids is 1. The Hall–Kier alpha value is -1.39. The fourth-order valence-electron chi connectivity index (χ4n) is 1.10. The molecule has 0 unspecified atom stereocenters. The third-order valence-corrected chi connectivity index (χ3v) is 1.90. The Kier molecular flexibility index (Phi) is 4.27. The van der Waals surface area contributed by atoms with Crippen molar-refractivity contribution in [3.8, 4) is 0 Å². The summed E-state index contributed by atoms with van der Waals surface area (Å²) in [4.78, 5) is 10.7. The van der Waals surface area contributed by atoms with E-state index in [0.717, 1.165) is 5.56 Å². The molecular formula is C10H15NO3. The van der Waals surface area contributed by atoms with Crippen molar-refractivity contribution in [2.24, 2.45) is 5.73 Å². The first kappa shape index (κ1) is 12.6. The highest BCUT2D eigenvalue weighted by molar-refractivity contribution is 5.78. The number of nitrogens with two attached hydrogens (primary N) is 1. The van der Waals surface area contributed by atoms with E-state index in [-0.39, 0.29) is 5.48 Å². The summed E-state index contributed by atoms with van der Waals surface area (Å²) in [7, 11) is 0. The second-order valence-corrected chi connectivity index (χ2v) is 3.38. The zero-order valence-electron chi connectivity index (χ0n) is 8.03. The SMILES string of the molecule is C[C@](N)(Cc1ccccc1)C(=O)O.O. The topological polar surface area (TPSA) is 94.8 Å². The van der Waals surface area contributed by atoms with Crippen molar-refractivity contribution in [3.63, 3.8) is 0 Å². The number of hydrogen-bond acceptors (Lipinski definition) is 2. The molecule has 14 heavy (non-hydrogen) atoms. The lowest BCUT2D eigenvalue weighted by molar-refractivity contribution is -0.142. The third-order valence-electron chi connectivity index (χ3n) is 1.90. The molecule has 0 aliphatic carbocycles. The monoisotopic (exact) mass is 197 g/mol. The smallest absolute Gasteiger partial charge is 0.323 e. The first-order valence-corrected chi connectivity index (χ1v) is 4.08. The maximum atomic E-state index is 10.7. The number of aliphatic carboxylic acids is 1. The van der Waals surface area contributed by atoms with Crippen LogP contribution in [-0.4, -0.2) is 22.1 Å². The van der Waals surface area contributed by atoms with E-state index in [2.05, 4.69) is 0 Å². The van der Waals surface area contributed by atoms with Crippen LogP contribution in [0.15, 0.2) is 30.3 Å². The minimum atomic E-state index is -1.18. The average Bonchev–Trinajstić information content (AvgIpc) is 2.05. The highest BCUT2D eigenvalue weighted by Gasteiger charge is 2.27. The number of benzene rings is 1. The predicted octanol–water partition coefficient (Wildman–Crippen LogP) is 0.206. The van der Waals surface area contributed by atoms with Gasteiger partial charge in [0.05, 0.1) is 0 Å². The van der Waals surface area contributed by atoms with E-state index < -0.39 is 11.5 Å². The first-order chi connectivity index (χ1) is 6.02. The molecule has 1 aromatic rings. The van der Waals surface area contributed by atoms with Gasteiger partial charge in [0.15, 0.2) is 0 Å². The summed E-state index contributed by atoms with van der Waals surface area (Å²) in [5.41, 5.74) is 5.35. The molecule has 0 aromatic heterocycles. The van der Waals surface area contributed by atoms with Crippen molar-refractivity contribution in [2.45, 2.75) is 18.9 Å². The molecule has 0 aliphatic rings. The lowest BCUT2D eigenvalue weighted by Crippen LogP contribution is -2.46. The molecule has 0 amide bonds. The van der Waals surface area contributed by atoms with Crippen LogP contribution in [0.3, 0.4) is 0 Å². The Balaban J connectivity index is 0.00000169. The van der Waals surface area contributed by atoms with Gasteiger partial charge in [0.25, 0.3) is 0 Å². The van der Waals surface area contributed by atoms with E-state index >= 15 is 0 Å². The Morgan fingerprint density at radius 2 is 1.93 bits per heavy atom. The Bertz CT molecular complexity index is 295. The van der Waals surface area contributed by atoms with Crippen LogP contribution in [0.4, 0.5) is 0 Å². The van der Waals surface area contributed by atoms with E-state index in [1.165, 1.54) is 6.92 Å². The van der Waals surface area contributed by atoms with Gasteiger partial charge in [-0.1, -0.05) is 30.3 Å². The van der Waals surface area contributed by atoms with Crippen LogP contribution >= 0.6 is 0 Å². The van der Waals surface area contributed by atoms with Crippen molar-refractivity contribution < 1.29 is 15.4 Å². The van der Waals surface area contributed by atoms with Crippen molar-refractivity contribution in [3.05, 3.63) is 35.9 Å². The predicted molar refractivity (Wildman–Crippen MR) is 54.0 cm³/mol. The van der Waals surface area contributed by atoms with Crippen molar-refractivity contribution >= 4 is 5.97 Å². The zero-order chi connectivity index (χ0) is 9.90. The van der Waals surface area contributed by atoms with Crippen LogP contribution < -0.4 is 5.73 Å². The molecule has 1 aromatic carbocycles. The maximum Gasteiger partial charge on any atom is 0.323 e. The molecule has 0 spiro atoms. The Morgan fingerprint density at radius 1 is 1.43 bits per heavy atom. The maximum absolute atomic E-state index is 10.7. The fraction of sp³-hybridized carbons (Fsp3) is 0.300. The van der Waals surface area contributed by atoms with Crippen LogP contribution in [0.25, 0.3) is 0 Å². The largest absolute Gasteiger partial charge is 0.480 e. The van der Waals surface area contributed by atoms with Gasteiger partial charge in [0, 0.05) is 6.42 Å². The van der Waals surface area contributed by atoms with Crippen molar-refractivity contribution in [1.29, 1.82) is 0 Å². The molecule has 0 fully saturated rings. The first-order valence-electron chi connectivity index (χ1n) is 4.08. The Morgan fingerprint density at radius 3 is 2.36 bits per heavy atom. The normalized spacial score (nSPS) is 13.9. The number of carbonyl (C=O) groups is 1. The number of rotatable bonds is 3. The molecule has 0 bridgehead atoms. The summed E-state index contributed by atoms with van der Waals surface area (Å²) in [5, 5.41) is 8.78. The van der Waals surface area contributed by atoms with E-state index in [9.17, 15) is 4.79 Å². The van der Waals surface area contributed by atoms with Gasteiger partial charge in [0.2, 0.25) is 0 Å². The van der Waals surface area contributed by atoms with Crippen LogP contribution in [-0.2, 0) is 11.2 Å². The lowest BCUT2D eigenvalue weighted by Gasteiger charge is -2.18. The third kappa shape index (κ3) is 3.16. The fourth-order valence-corrected chi connectivity index (χ4v) is 1.10. The molecule has 1 atom stereocenters. The summed E-state index contributed by atoms with van der Waals surface area (Å²) in [6.45, 7) is 1.52. The summed E-state index contributed by atoms with van der Waals surface area (Å²) in [5.74, 6) is -0.976. The van der Waals surface area contributed by atoms with E-state index in [4.69, 9.17) is 10.8 Å². The summed E-state index contributed by atoms with van der Waals surface area (Å²) >= 11 is 0. The number of carboxylic acid groups (broad SMARTS) is 1. The van der Waals surface area contributed by atoms with Gasteiger partial charge < -0.3 is 16.3 Å². The van der Waals surface area contributed by atoms with E-state index in [1.807, 2.05) is 30.3 Å². The molecule has 0 aliphatic heterocycles. The summed E-state index contributed by atoms with van der Waals surface area (Å²) < 4.78 is 0. The van der Waals surface area contributed by atoms with Crippen molar-refractivity contribution in [2.75, 3.05) is 0 Å². The van der Waals surface area contributed by atoms with Crippen LogP contribution in [0.1, 0.15) is 12.5 Å². The van der Waals surface area contributed by atoms with Gasteiger partial charge in [-0.3, -0.25) is 4.79 Å². The molecule has 5 N–H and O–H groups in total. The molecule has 0 radical (unpaired) electrons. The van der Waals surface area contributed by atoms with Crippen molar-refractivity contribution in [1.82, 2.24) is 0 Å². The standard InChI is InChI=1S/C10H13NO2.H2O/c1-10(11,9(12)13)7-8-5-3-2-4-6-8;/h2-6H,7,11H2,1H3,(H,12,13);1H2/t10-;/m0./s1. The van der Waals surface area contributed by atoms with Gasteiger partial charge in [0.1, 0.15) is 5.54 Å². The van der Waals surface area contributed by atoms with Crippen LogP contribution in [0.2, 0.25) is 0 Å². The van der Waals surface area contributed by atoms with Crippen LogP contribution in [0.5, 0.6) is 0 Å². The summed E-state index contributed by atoms with van der Waals surface area (Å²) in [6.07, 6.45) is 0.350. The van der Waals surface area contributed by atoms with Gasteiger partial charge in [-0.15, -0.1) is 0 Å². The number of hydrogen-bond donors (Lipinski definition) is 2. The molecule has 0 saturated carbocycles. The molecule has 4 heteroatoms. The molecule has 1 rings (SSSR count). The zero-order valence-corrected chi connectivity index (χ0v) is 8.03. The second kappa shape index (κ2) is 4.74. The Labute approximate surface area is 82.7 Å². The lowest BCUT2D eigenvalue weighted by atomic mass is 9.94. The minimum absolute atomic E-state index is 0. The molecule has 0 saturated heterocycles. The van der Waals surface area contributed by atoms with Gasteiger partial charge in [-0.2, -0.15) is 0 Å². The van der Waals surface area contributed by atoms with Gasteiger partial charge >= 0.3 is 5.97 Å². The highest BCUT2D eigenvalue weighted by Crippen LogP contribution is 2.10. The average molecular weight is 197 g/mol. The molecule has 0 heterocycles. The van der Waals surface area contributed by atoms with Gasteiger partial charge in [-0.25, -0.2) is 0 Å².